The normalized spacial score (nSPS) is 8.75. The van der Waals surface area contributed by atoms with Crippen LogP contribution in [-0.4, -0.2) is 32.6 Å². The molecule has 0 aliphatic rings. The third-order valence-corrected chi connectivity index (χ3v) is 1.84. The Labute approximate surface area is 97.2 Å². The average Bonchev–Trinajstić information content (AvgIpc) is 2.29. The third-order valence-electron chi connectivity index (χ3n) is 1.84. The first-order valence-electron chi connectivity index (χ1n) is 5.00. The van der Waals surface area contributed by atoms with Gasteiger partial charge in [-0.2, -0.15) is 0 Å². The SMILES string of the molecule is COc1ccc(C#CC#CCN(C)C)cc1. The summed E-state index contributed by atoms with van der Waals surface area (Å²) in [5.41, 5.74) is 0.944. The number of hydrogen-bond donors (Lipinski definition) is 0. The van der Waals surface area contributed by atoms with Crippen LogP contribution in [0.2, 0.25) is 0 Å². The molecule has 0 fully saturated rings. The van der Waals surface area contributed by atoms with Gasteiger partial charge in [-0.25, -0.2) is 0 Å². The first-order valence-corrected chi connectivity index (χ1v) is 5.00. The summed E-state index contributed by atoms with van der Waals surface area (Å²) in [4.78, 5) is 2.00. The molecule has 1 aromatic carbocycles. The summed E-state index contributed by atoms with van der Waals surface area (Å²) in [6.45, 7) is 0.733. The van der Waals surface area contributed by atoms with Crippen LogP contribution >= 0.6 is 0 Å². The molecule has 2 heteroatoms. The maximum atomic E-state index is 5.06. The first kappa shape index (κ1) is 12.2. The molecule has 0 heterocycles. The van der Waals surface area contributed by atoms with E-state index < -0.39 is 0 Å². The minimum atomic E-state index is 0.733. The van der Waals surface area contributed by atoms with Gasteiger partial charge in [0, 0.05) is 5.56 Å². The van der Waals surface area contributed by atoms with Crippen LogP contribution in [0.25, 0.3) is 0 Å². The predicted molar refractivity (Wildman–Crippen MR) is 66.2 cm³/mol. The maximum Gasteiger partial charge on any atom is 0.118 e. The van der Waals surface area contributed by atoms with Crippen LogP contribution in [0.5, 0.6) is 5.75 Å². The van der Waals surface area contributed by atoms with Crippen molar-refractivity contribution in [3.05, 3.63) is 29.8 Å². The number of methoxy groups -OCH3 is 1. The molecule has 0 atom stereocenters. The Bertz CT molecular complexity index is 438. The highest BCUT2D eigenvalue weighted by Gasteiger charge is 1.88. The standard InChI is InChI=1S/C14H15NO/c1-15(2)12-6-4-5-7-13-8-10-14(16-3)11-9-13/h8-11H,12H2,1-3H3. The number of benzene rings is 1. The lowest BCUT2D eigenvalue weighted by Gasteiger charge is -1.99. The molecule has 0 aliphatic carbocycles. The Morgan fingerprint density at radius 3 is 2.38 bits per heavy atom. The summed E-state index contributed by atoms with van der Waals surface area (Å²) < 4.78 is 5.06. The van der Waals surface area contributed by atoms with Crippen LogP contribution in [0.4, 0.5) is 0 Å². The largest absolute Gasteiger partial charge is 0.497 e. The molecule has 16 heavy (non-hydrogen) atoms. The van der Waals surface area contributed by atoms with Crippen LogP contribution in [0, 0.1) is 23.7 Å². The van der Waals surface area contributed by atoms with Crippen molar-refractivity contribution in [1.29, 1.82) is 0 Å². The summed E-state index contributed by atoms with van der Waals surface area (Å²) in [5, 5.41) is 0. The van der Waals surface area contributed by atoms with E-state index in [2.05, 4.69) is 23.7 Å². The van der Waals surface area contributed by atoms with Crippen molar-refractivity contribution in [1.82, 2.24) is 4.90 Å². The molecule has 0 N–H and O–H groups in total. The topological polar surface area (TPSA) is 12.5 Å². The molecule has 1 rings (SSSR count). The smallest absolute Gasteiger partial charge is 0.118 e. The van der Waals surface area contributed by atoms with Crippen molar-refractivity contribution in [3.63, 3.8) is 0 Å². The highest BCUT2D eigenvalue weighted by atomic mass is 16.5. The Hall–Kier alpha value is -1.90. The molecule has 0 unspecified atom stereocenters. The fraction of sp³-hybridized carbons (Fsp3) is 0.286. The van der Waals surface area contributed by atoms with Gasteiger partial charge in [0.05, 0.1) is 13.7 Å². The van der Waals surface area contributed by atoms with E-state index in [1.807, 2.05) is 43.3 Å². The van der Waals surface area contributed by atoms with Gasteiger partial charge < -0.3 is 4.74 Å². The molecule has 0 aliphatic heterocycles. The average molecular weight is 213 g/mol. The highest BCUT2D eigenvalue weighted by Crippen LogP contribution is 2.09. The summed E-state index contributed by atoms with van der Waals surface area (Å²) in [5.74, 6) is 12.4. The van der Waals surface area contributed by atoms with E-state index in [4.69, 9.17) is 4.74 Å². The zero-order chi connectivity index (χ0) is 11.8. The number of ether oxygens (including phenoxy) is 1. The molecule has 0 spiro atoms. The molecule has 0 aromatic heterocycles. The van der Waals surface area contributed by atoms with Gasteiger partial charge >= 0.3 is 0 Å². The molecular weight excluding hydrogens is 198 g/mol. The quantitative estimate of drug-likeness (QED) is 0.692. The minimum Gasteiger partial charge on any atom is -0.497 e. The van der Waals surface area contributed by atoms with Gasteiger partial charge in [0.1, 0.15) is 5.75 Å². The van der Waals surface area contributed by atoms with Crippen LogP contribution in [0.1, 0.15) is 5.56 Å². The predicted octanol–water partition coefficient (Wildman–Crippen LogP) is 1.61. The Morgan fingerprint density at radius 2 is 1.81 bits per heavy atom. The van der Waals surface area contributed by atoms with E-state index in [0.717, 1.165) is 17.9 Å². The van der Waals surface area contributed by atoms with Crippen molar-refractivity contribution in [3.8, 4) is 29.4 Å². The zero-order valence-electron chi connectivity index (χ0n) is 9.87. The summed E-state index contributed by atoms with van der Waals surface area (Å²) >= 11 is 0. The van der Waals surface area contributed by atoms with E-state index in [1.165, 1.54) is 0 Å². The molecule has 0 saturated carbocycles. The molecular formula is C14H15NO. The number of nitrogens with zero attached hydrogens (tertiary/aromatic N) is 1. The fourth-order valence-corrected chi connectivity index (χ4v) is 1.02. The molecule has 0 bridgehead atoms. The van der Waals surface area contributed by atoms with E-state index in [1.54, 1.807) is 7.11 Å². The Balaban J connectivity index is 2.58. The second-order valence-electron chi connectivity index (χ2n) is 3.52. The second kappa shape index (κ2) is 6.56. The maximum absolute atomic E-state index is 5.06. The van der Waals surface area contributed by atoms with Gasteiger partial charge in [-0.3, -0.25) is 4.90 Å². The van der Waals surface area contributed by atoms with Crippen molar-refractivity contribution < 1.29 is 4.74 Å². The minimum absolute atomic E-state index is 0.733. The summed E-state index contributed by atoms with van der Waals surface area (Å²) in [7, 11) is 5.60. The lowest BCUT2D eigenvalue weighted by atomic mass is 10.2. The van der Waals surface area contributed by atoms with Gasteiger partial charge in [0.15, 0.2) is 0 Å². The Morgan fingerprint density at radius 1 is 1.12 bits per heavy atom. The second-order valence-corrected chi connectivity index (χ2v) is 3.52. The molecule has 0 radical (unpaired) electrons. The summed E-state index contributed by atoms with van der Waals surface area (Å²) in [6, 6.07) is 7.60. The van der Waals surface area contributed by atoms with Crippen molar-refractivity contribution in [2.75, 3.05) is 27.7 Å². The third kappa shape index (κ3) is 4.55. The highest BCUT2D eigenvalue weighted by molar-refractivity contribution is 5.42. The van der Waals surface area contributed by atoms with Gasteiger partial charge in [-0.15, -0.1) is 0 Å². The summed E-state index contributed by atoms with van der Waals surface area (Å²) in [6.07, 6.45) is 0. The van der Waals surface area contributed by atoms with Crippen molar-refractivity contribution in [2.45, 2.75) is 0 Å². The van der Waals surface area contributed by atoms with Crippen LogP contribution in [-0.2, 0) is 0 Å². The van der Waals surface area contributed by atoms with E-state index >= 15 is 0 Å². The molecule has 0 amide bonds. The van der Waals surface area contributed by atoms with Gasteiger partial charge in [0.25, 0.3) is 0 Å². The van der Waals surface area contributed by atoms with Crippen molar-refractivity contribution >= 4 is 0 Å². The monoisotopic (exact) mass is 213 g/mol. The van der Waals surface area contributed by atoms with Crippen molar-refractivity contribution in [2.24, 2.45) is 0 Å². The van der Waals surface area contributed by atoms with Crippen LogP contribution in [0.3, 0.4) is 0 Å². The molecule has 82 valence electrons. The van der Waals surface area contributed by atoms with Crippen LogP contribution in [0.15, 0.2) is 24.3 Å². The Kier molecular flexibility index (Phi) is 4.99. The molecule has 1 aromatic rings. The number of hydrogen-bond acceptors (Lipinski definition) is 2. The number of rotatable bonds is 2. The zero-order valence-corrected chi connectivity index (χ0v) is 9.87. The fourth-order valence-electron chi connectivity index (χ4n) is 1.02. The lowest BCUT2D eigenvalue weighted by molar-refractivity contribution is 0.415. The van der Waals surface area contributed by atoms with Gasteiger partial charge in [-0.1, -0.05) is 11.8 Å². The first-order chi connectivity index (χ1) is 7.72. The van der Waals surface area contributed by atoms with E-state index in [-0.39, 0.29) is 0 Å². The van der Waals surface area contributed by atoms with E-state index in [0.29, 0.717) is 0 Å². The lowest BCUT2D eigenvalue weighted by Crippen LogP contribution is -2.10. The van der Waals surface area contributed by atoms with Gasteiger partial charge in [-0.05, 0) is 50.2 Å². The molecule has 2 nitrogen and oxygen atoms in total. The molecule has 0 saturated heterocycles. The van der Waals surface area contributed by atoms with E-state index in [9.17, 15) is 0 Å². The van der Waals surface area contributed by atoms with Gasteiger partial charge in [0.2, 0.25) is 0 Å². The van der Waals surface area contributed by atoms with Crippen LogP contribution < -0.4 is 4.74 Å².